The molecule has 1 atom stereocenters. The summed E-state index contributed by atoms with van der Waals surface area (Å²) in [6.45, 7) is 5.57. The number of carbonyl (C=O) groups excluding carboxylic acids is 1. The lowest BCUT2D eigenvalue weighted by atomic mass is 10.2. The average Bonchev–Trinajstić information content (AvgIpc) is 2.43. The quantitative estimate of drug-likeness (QED) is 0.662. The van der Waals surface area contributed by atoms with Crippen LogP contribution in [-0.2, 0) is 4.74 Å². The van der Waals surface area contributed by atoms with Gasteiger partial charge in [-0.1, -0.05) is 0 Å². The van der Waals surface area contributed by atoms with E-state index in [9.17, 15) is 4.79 Å². The molecule has 0 radical (unpaired) electrons. The number of hydrogen-bond donors (Lipinski definition) is 3. The lowest BCUT2D eigenvalue weighted by molar-refractivity contribution is 0.0945. The maximum atomic E-state index is 11.6. The molecule has 1 aromatic rings. The van der Waals surface area contributed by atoms with Crippen LogP contribution in [0.5, 0.6) is 0 Å². The van der Waals surface area contributed by atoms with Gasteiger partial charge in [-0.05, 0) is 38.1 Å². The second-order valence-electron chi connectivity index (χ2n) is 4.26. The van der Waals surface area contributed by atoms with E-state index in [-0.39, 0.29) is 25.1 Å². The molecule has 1 rings (SSSR count). The van der Waals surface area contributed by atoms with Gasteiger partial charge in [0.2, 0.25) is 0 Å². The predicted molar refractivity (Wildman–Crippen MR) is 75.4 cm³/mol. The summed E-state index contributed by atoms with van der Waals surface area (Å²) in [7, 11) is 0. The van der Waals surface area contributed by atoms with Crippen LogP contribution in [0, 0.1) is 0 Å². The number of amides is 1. The van der Waals surface area contributed by atoms with E-state index >= 15 is 0 Å². The van der Waals surface area contributed by atoms with Crippen molar-refractivity contribution < 1.29 is 14.6 Å². The van der Waals surface area contributed by atoms with E-state index in [1.54, 1.807) is 12.1 Å². The molecule has 0 bridgehead atoms. The van der Waals surface area contributed by atoms with E-state index in [0.717, 1.165) is 5.69 Å². The minimum atomic E-state index is -0.178. The molecule has 5 nitrogen and oxygen atoms in total. The number of nitrogens with one attached hydrogen (secondary N) is 2. The van der Waals surface area contributed by atoms with Gasteiger partial charge in [0.05, 0.1) is 13.2 Å². The first-order valence-corrected chi connectivity index (χ1v) is 6.50. The van der Waals surface area contributed by atoms with Gasteiger partial charge in [0.1, 0.15) is 0 Å². The number of aliphatic hydroxyl groups excluding tert-OH is 1. The van der Waals surface area contributed by atoms with Crippen molar-refractivity contribution in [2.75, 3.05) is 31.7 Å². The number of benzene rings is 1. The standard InChI is InChI=1S/C14H22N2O3/c1-3-19-10-11(2)16-13-6-4-12(5-7-13)14(18)15-8-9-17/h4-7,11,16-17H,3,8-10H2,1-2H3,(H,15,18). The van der Waals surface area contributed by atoms with Crippen molar-refractivity contribution in [2.45, 2.75) is 19.9 Å². The van der Waals surface area contributed by atoms with E-state index in [1.165, 1.54) is 0 Å². The molecule has 0 spiro atoms. The Labute approximate surface area is 114 Å². The fraction of sp³-hybridized carbons (Fsp3) is 0.500. The first-order valence-electron chi connectivity index (χ1n) is 6.50. The lowest BCUT2D eigenvalue weighted by Gasteiger charge is -2.15. The monoisotopic (exact) mass is 266 g/mol. The molecule has 5 heteroatoms. The van der Waals surface area contributed by atoms with Gasteiger partial charge in [-0.3, -0.25) is 4.79 Å². The number of carbonyl (C=O) groups is 1. The van der Waals surface area contributed by atoms with Crippen LogP contribution in [0.3, 0.4) is 0 Å². The Balaban J connectivity index is 2.49. The van der Waals surface area contributed by atoms with E-state index < -0.39 is 0 Å². The maximum Gasteiger partial charge on any atom is 0.251 e. The zero-order chi connectivity index (χ0) is 14.1. The van der Waals surface area contributed by atoms with E-state index in [0.29, 0.717) is 18.8 Å². The zero-order valence-corrected chi connectivity index (χ0v) is 11.5. The smallest absolute Gasteiger partial charge is 0.251 e. The number of hydrogen-bond acceptors (Lipinski definition) is 4. The minimum Gasteiger partial charge on any atom is -0.395 e. The van der Waals surface area contributed by atoms with Crippen molar-refractivity contribution in [3.8, 4) is 0 Å². The van der Waals surface area contributed by atoms with Crippen LogP contribution >= 0.6 is 0 Å². The second kappa shape index (κ2) is 8.50. The molecule has 0 aliphatic heterocycles. The highest BCUT2D eigenvalue weighted by molar-refractivity contribution is 5.94. The summed E-state index contributed by atoms with van der Waals surface area (Å²) in [5, 5.41) is 14.5. The highest BCUT2D eigenvalue weighted by Crippen LogP contribution is 2.11. The van der Waals surface area contributed by atoms with Crippen LogP contribution in [-0.4, -0.2) is 43.4 Å². The van der Waals surface area contributed by atoms with Gasteiger partial charge in [-0.25, -0.2) is 0 Å². The molecule has 0 aromatic heterocycles. The Morgan fingerprint density at radius 2 is 2.05 bits per heavy atom. The molecular weight excluding hydrogens is 244 g/mol. The van der Waals surface area contributed by atoms with Gasteiger partial charge in [0.15, 0.2) is 0 Å². The molecule has 1 unspecified atom stereocenters. The summed E-state index contributed by atoms with van der Waals surface area (Å²) in [4.78, 5) is 11.6. The Hall–Kier alpha value is -1.59. The highest BCUT2D eigenvalue weighted by Gasteiger charge is 2.05. The van der Waals surface area contributed by atoms with Gasteiger partial charge < -0.3 is 20.5 Å². The second-order valence-corrected chi connectivity index (χ2v) is 4.26. The van der Waals surface area contributed by atoms with Crippen molar-refractivity contribution in [1.29, 1.82) is 0 Å². The van der Waals surface area contributed by atoms with E-state index in [1.807, 2.05) is 26.0 Å². The molecule has 0 saturated heterocycles. The molecule has 1 amide bonds. The van der Waals surface area contributed by atoms with E-state index in [4.69, 9.17) is 9.84 Å². The van der Waals surface area contributed by atoms with Crippen LogP contribution < -0.4 is 10.6 Å². The van der Waals surface area contributed by atoms with Gasteiger partial charge in [-0.2, -0.15) is 0 Å². The van der Waals surface area contributed by atoms with E-state index in [2.05, 4.69) is 10.6 Å². The highest BCUT2D eigenvalue weighted by atomic mass is 16.5. The van der Waals surface area contributed by atoms with Crippen LogP contribution in [0.1, 0.15) is 24.2 Å². The Kier molecular flexibility index (Phi) is 6.92. The van der Waals surface area contributed by atoms with Crippen LogP contribution in [0.4, 0.5) is 5.69 Å². The molecule has 0 fully saturated rings. The summed E-state index contributed by atoms with van der Waals surface area (Å²) >= 11 is 0. The first-order chi connectivity index (χ1) is 9.17. The van der Waals surface area contributed by atoms with Crippen molar-refractivity contribution >= 4 is 11.6 Å². The third-order valence-electron chi connectivity index (χ3n) is 2.53. The number of rotatable bonds is 8. The van der Waals surface area contributed by atoms with Gasteiger partial charge in [0, 0.05) is 30.4 Å². The van der Waals surface area contributed by atoms with Crippen LogP contribution in [0.25, 0.3) is 0 Å². The molecule has 1 aromatic carbocycles. The van der Waals surface area contributed by atoms with Crippen LogP contribution in [0.2, 0.25) is 0 Å². The van der Waals surface area contributed by atoms with Gasteiger partial charge in [0.25, 0.3) is 5.91 Å². The van der Waals surface area contributed by atoms with Gasteiger partial charge in [-0.15, -0.1) is 0 Å². The molecule has 106 valence electrons. The Bertz CT molecular complexity index is 379. The number of ether oxygens (including phenoxy) is 1. The zero-order valence-electron chi connectivity index (χ0n) is 11.5. The maximum absolute atomic E-state index is 11.6. The van der Waals surface area contributed by atoms with Crippen molar-refractivity contribution in [2.24, 2.45) is 0 Å². The molecule has 3 N–H and O–H groups in total. The third-order valence-corrected chi connectivity index (χ3v) is 2.53. The van der Waals surface area contributed by atoms with Gasteiger partial charge >= 0.3 is 0 Å². The molecule has 0 aliphatic carbocycles. The number of aliphatic hydroxyl groups is 1. The predicted octanol–water partition coefficient (Wildman–Crippen LogP) is 1.25. The average molecular weight is 266 g/mol. The van der Waals surface area contributed by atoms with Crippen molar-refractivity contribution in [3.05, 3.63) is 29.8 Å². The normalized spacial score (nSPS) is 11.9. The third kappa shape index (κ3) is 5.72. The SMILES string of the molecule is CCOCC(C)Nc1ccc(C(=O)NCCO)cc1. The fourth-order valence-electron chi connectivity index (χ4n) is 1.61. The molecule has 19 heavy (non-hydrogen) atoms. The molecule has 0 heterocycles. The summed E-state index contributed by atoms with van der Waals surface area (Å²) in [6, 6.07) is 7.44. The summed E-state index contributed by atoms with van der Waals surface area (Å²) in [5.41, 5.74) is 1.53. The number of anilines is 1. The van der Waals surface area contributed by atoms with Crippen molar-refractivity contribution in [3.63, 3.8) is 0 Å². The first kappa shape index (κ1) is 15.5. The van der Waals surface area contributed by atoms with Crippen molar-refractivity contribution in [1.82, 2.24) is 5.32 Å². The summed E-state index contributed by atoms with van der Waals surface area (Å²) < 4.78 is 5.32. The lowest BCUT2D eigenvalue weighted by Crippen LogP contribution is -2.26. The fourth-order valence-corrected chi connectivity index (χ4v) is 1.61. The summed E-state index contributed by atoms with van der Waals surface area (Å²) in [6.07, 6.45) is 0. The topological polar surface area (TPSA) is 70.6 Å². The summed E-state index contributed by atoms with van der Waals surface area (Å²) in [5.74, 6) is -0.178. The largest absolute Gasteiger partial charge is 0.395 e. The molecule has 0 saturated carbocycles. The molecule has 0 aliphatic rings. The van der Waals surface area contributed by atoms with Crippen LogP contribution in [0.15, 0.2) is 24.3 Å². The minimum absolute atomic E-state index is 0.0552. The Morgan fingerprint density at radius 3 is 2.63 bits per heavy atom. The molecular formula is C14H22N2O3. The Morgan fingerprint density at radius 1 is 1.37 bits per heavy atom.